The summed E-state index contributed by atoms with van der Waals surface area (Å²) in [7, 11) is 0. The maximum atomic E-state index is 9.86. The summed E-state index contributed by atoms with van der Waals surface area (Å²) in [6.07, 6.45) is -1.86. The van der Waals surface area contributed by atoms with Crippen LogP contribution >= 0.6 is 0 Å². The van der Waals surface area contributed by atoms with Gasteiger partial charge in [0, 0.05) is 0 Å². The van der Waals surface area contributed by atoms with Crippen molar-refractivity contribution in [3.8, 4) is 0 Å². The van der Waals surface area contributed by atoms with Crippen molar-refractivity contribution in [3.63, 3.8) is 0 Å². The average Bonchev–Trinajstić information content (AvgIpc) is 2.32. The van der Waals surface area contributed by atoms with E-state index in [0.29, 0.717) is 19.4 Å². The maximum Gasteiger partial charge on any atom is 0.111 e. The Balaban J connectivity index is 2.64. The molecule has 0 bridgehead atoms. The predicted molar refractivity (Wildman–Crippen MR) is 64.4 cm³/mol. The number of ether oxygens (including phenoxy) is 1. The summed E-state index contributed by atoms with van der Waals surface area (Å²) in [4.78, 5) is 0. The lowest BCUT2D eigenvalue weighted by Gasteiger charge is -2.41. The summed E-state index contributed by atoms with van der Waals surface area (Å²) in [5.41, 5.74) is 5.54. The first kappa shape index (κ1) is 14.9. The molecule has 0 aliphatic carbocycles. The van der Waals surface area contributed by atoms with Gasteiger partial charge in [0.05, 0.1) is 12.2 Å². The minimum atomic E-state index is -1.13. The molecule has 6 atom stereocenters. The van der Waals surface area contributed by atoms with E-state index in [1.54, 1.807) is 0 Å². The van der Waals surface area contributed by atoms with Crippen LogP contribution in [0.4, 0.5) is 0 Å². The number of aliphatic hydroxyl groups excluding tert-OH is 3. The molecule has 1 aliphatic rings. The van der Waals surface area contributed by atoms with Gasteiger partial charge in [-0.3, -0.25) is 0 Å². The molecule has 0 aromatic rings. The molecule has 1 fully saturated rings. The van der Waals surface area contributed by atoms with E-state index in [-0.39, 0.29) is 5.92 Å². The molecule has 102 valence electrons. The molecule has 17 heavy (non-hydrogen) atoms. The SMILES string of the molecule is CCCC1OC(CC(C)CN)C(O)C(O)C1O. The third-order valence-electron chi connectivity index (χ3n) is 3.42. The lowest BCUT2D eigenvalue weighted by Crippen LogP contribution is -2.57. The average molecular weight is 247 g/mol. The lowest BCUT2D eigenvalue weighted by molar-refractivity contribution is -0.226. The maximum absolute atomic E-state index is 9.86. The normalized spacial score (nSPS) is 40.2. The Labute approximate surface area is 103 Å². The summed E-state index contributed by atoms with van der Waals surface area (Å²) < 4.78 is 5.68. The van der Waals surface area contributed by atoms with Crippen LogP contribution in [0.5, 0.6) is 0 Å². The monoisotopic (exact) mass is 247 g/mol. The molecule has 5 heteroatoms. The standard InChI is InChI=1S/C12H25NO4/c1-3-4-8-10(14)12(16)11(15)9(17-8)5-7(2)6-13/h7-12,14-16H,3-6,13H2,1-2H3. The van der Waals surface area contributed by atoms with E-state index in [1.165, 1.54) is 0 Å². The van der Waals surface area contributed by atoms with Gasteiger partial charge in [0.25, 0.3) is 0 Å². The second-order valence-electron chi connectivity index (χ2n) is 5.05. The van der Waals surface area contributed by atoms with Gasteiger partial charge in [0.2, 0.25) is 0 Å². The van der Waals surface area contributed by atoms with Crippen molar-refractivity contribution in [2.45, 2.75) is 63.6 Å². The van der Waals surface area contributed by atoms with E-state index in [2.05, 4.69) is 0 Å². The molecule has 1 heterocycles. The summed E-state index contributed by atoms with van der Waals surface area (Å²) in [6.45, 7) is 4.48. The highest BCUT2D eigenvalue weighted by atomic mass is 16.5. The molecular formula is C12H25NO4. The fourth-order valence-corrected chi connectivity index (χ4v) is 2.24. The van der Waals surface area contributed by atoms with Crippen molar-refractivity contribution in [1.82, 2.24) is 0 Å². The molecule has 6 unspecified atom stereocenters. The van der Waals surface area contributed by atoms with Crippen LogP contribution in [0.3, 0.4) is 0 Å². The smallest absolute Gasteiger partial charge is 0.111 e. The van der Waals surface area contributed by atoms with Crippen LogP contribution in [0.2, 0.25) is 0 Å². The van der Waals surface area contributed by atoms with Gasteiger partial charge in [-0.05, 0) is 25.3 Å². The van der Waals surface area contributed by atoms with E-state index in [9.17, 15) is 15.3 Å². The Bertz CT molecular complexity index is 227. The zero-order valence-corrected chi connectivity index (χ0v) is 10.6. The molecule has 0 spiro atoms. The minimum absolute atomic E-state index is 0.222. The summed E-state index contributed by atoms with van der Waals surface area (Å²) >= 11 is 0. The van der Waals surface area contributed by atoms with E-state index >= 15 is 0 Å². The highest BCUT2D eigenvalue weighted by Gasteiger charge is 2.43. The Morgan fingerprint density at radius 2 is 1.71 bits per heavy atom. The van der Waals surface area contributed by atoms with Gasteiger partial charge in [0.15, 0.2) is 0 Å². The van der Waals surface area contributed by atoms with Crippen molar-refractivity contribution in [2.24, 2.45) is 11.7 Å². The van der Waals surface area contributed by atoms with Crippen LogP contribution in [0, 0.1) is 5.92 Å². The predicted octanol–water partition coefficient (Wildman–Crippen LogP) is -0.378. The van der Waals surface area contributed by atoms with Gasteiger partial charge in [-0.2, -0.15) is 0 Å². The first-order valence-corrected chi connectivity index (χ1v) is 6.41. The molecule has 1 aliphatic heterocycles. The molecule has 1 saturated heterocycles. The second-order valence-corrected chi connectivity index (χ2v) is 5.05. The number of rotatable bonds is 5. The molecule has 5 nitrogen and oxygen atoms in total. The summed E-state index contributed by atoms with van der Waals surface area (Å²) in [5.74, 6) is 0.222. The van der Waals surface area contributed by atoms with Gasteiger partial charge in [-0.25, -0.2) is 0 Å². The highest BCUT2D eigenvalue weighted by Crippen LogP contribution is 2.27. The van der Waals surface area contributed by atoms with Crippen LogP contribution in [0.15, 0.2) is 0 Å². The molecule has 0 amide bonds. The van der Waals surface area contributed by atoms with Crippen molar-refractivity contribution in [2.75, 3.05) is 6.54 Å². The molecule has 0 aromatic heterocycles. The molecule has 0 saturated carbocycles. The van der Waals surface area contributed by atoms with Gasteiger partial charge < -0.3 is 25.8 Å². The quantitative estimate of drug-likeness (QED) is 0.531. The van der Waals surface area contributed by atoms with E-state index in [1.807, 2.05) is 13.8 Å². The third kappa shape index (κ3) is 3.63. The van der Waals surface area contributed by atoms with Crippen LogP contribution in [-0.4, -0.2) is 52.4 Å². The zero-order valence-electron chi connectivity index (χ0n) is 10.6. The number of hydrogen-bond acceptors (Lipinski definition) is 5. The van der Waals surface area contributed by atoms with Crippen LogP contribution < -0.4 is 5.73 Å². The van der Waals surface area contributed by atoms with Crippen molar-refractivity contribution in [1.29, 1.82) is 0 Å². The van der Waals surface area contributed by atoms with Gasteiger partial charge in [-0.1, -0.05) is 20.3 Å². The van der Waals surface area contributed by atoms with Crippen LogP contribution in [0.25, 0.3) is 0 Å². The Kier molecular flexibility index (Phi) is 5.82. The summed E-state index contributed by atoms with van der Waals surface area (Å²) in [5, 5.41) is 29.4. The van der Waals surface area contributed by atoms with Crippen LogP contribution in [-0.2, 0) is 4.74 Å². The van der Waals surface area contributed by atoms with Gasteiger partial charge in [-0.15, -0.1) is 0 Å². The van der Waals surface area contributed by atoms with E-state index < -0.39 is 30.5 Å². The first-order valence-electron chi connectivity index (χ1n) is 6.41. The minimum Gasteiger partial charge on any atom is -0.388 e. The Morgan fingerprint density at radius 1 is 1.12 bits per heavy atom. The lowest BCUT2D eigenvalue weighted by atomic mass is 9.89. The Hall–Kier alpha value is -0.200. The van der Waals surface area contributed by atoms with Crippen molar-refractivity contribution in [3.05, 3.63) is 0 Å². The fraction of sp³-hybridized carbons (Fsp3) is 1.00. The van der Waals surface area contributed by atoms with Crippen molar-refractivity contribution < 1.29 is 20.1 Å². The topological polar surface area (TPSA) is 95.9 Å². The fourth-order valence-electron chi connectivity index (χ4n) is 2.24. The number of aliphatic hydroxyl groups is 3. The third-order valence-corrected chi connectivity index (χ3v) is 3.42. The zero-order chi connectivity index (χ0) is 13.0. The molecule has 1 rings (SSSR count). The van der Waals surface area contributed by atoms with E-state index in [4.69, 9.17) is 10.5 Å². The molecule has 0 radical (unpaired) electrons. The first-order chi connectivity index (χ1) is 8.01. The molecule has 0 aromatic carbocycles. The van der Waals surface area contributed by atoms with Crippen LogP contribution in [0.1, 0.15) is 33.1 Å². The van der Waals surface area contributed by atoms with Gasteiger partial charge >= 0.3 is 0 Å². The number of hydrogen-bond donors (Lipinski definition) is 4. The molecular weight excluding hydrogens is 222 g/mol. The summed E-state index contributed by atoms with van der Waals surface area (Å²) in [6, 6.07) is 0. The number of nitrogens with two attached hydrogens (primary N) is 1. The molecule has 5 N–H and O–H groups in total. The largest absolute Gasteiger partial charge is 0.388 e. The second kappa shape index (κ2) is 6.66. The van der Waals surface area contributed by atoms with Gasteiger partial charge in [0.1, 0.15) is 18.3 Å². The Morgan fingerprint density at radius 3 is 2.24 bits per heavy atom. The van der Waals surface area contributed by atoms with Crippen molar-refractivity contribution >= 4 is 0 Å². The highest BCUT2D eigenvalue weighted by molar-refractivity contribution is 4.92. The van der Waals surface area contributed by atoms with E-state index in [0.717, 1.165) is 6.42 Å².